The first-order valence-electron chi connectivity index (χ1n) is 6.54. The summed E-state index contributed by atoms with van der Waals surface area (Å²) in [7, 11) is 3.31. The van der Waals surface area contributed by atoms with Gasteiger partial charge in [0, 0.05) is 23.6 Å². The van der Waals surface area contributed by atoms with Gasteiger partial charge in [-0.15, -0.1) is 12.4 Å². The van der Waals surface area contributed by atoms with Crippen LogP contribution in [0.2, 0.25) is 0 Å². The van der Waals surface area contributed by atoms with Gasteiger partial charge in [0.2, 0.25) is 0 Å². The molecule has 1 aromatic carbocycles. The van der Waals surface area contributed by atoms with Gasteiger partial charge in [-0.1, -0.05) is 15.9 Å². The molecular weight excluding hydrogens is 344 g/mol. The monoisotopic (exact) mass is 364 g/mol. The summed E-state index contributed by atoms with van der Waals surface area (Å²) in [5.74, 6) is 1.51. The summed E-state index contributed by atoms with van der Waals surface area (Å²) in [6.45, 7) is 2.73. The minimum absolute atomic E-state index is 0. The van der Waals surface area contributed by atoms with Gasteiger partial charge in [-0.05, 0) is 37.1 Å². The lowest BCUT2D eigenvalue weighted by molar-refractivity contribution is 0.249. The summed E-state index contributed by atoms with van der Waals surface area (Å²) >= 11 is 3.61. The number of nitrogens with zero attached hydrogens (tertiary/aromatic N) is 1. The van der Waals surface area contributed by atoms with Crippen LogP contribution in [0.3, 0.4) is 0 Å². The molecule has 20 heavy (non-hydrogen) atoms. The zero-order valence-corrected chi connectivity index (χ0v) is 14.3. The standard InChI is InChI=1S/C14H21BrN2O2.ClH/c1-18-13-6-10(12(15)7-14(13)19-2)9-17-5-3-4-11(17)8-16;/h6-7,11H,3-5,8-9,16H2,1-2H3;1H. The molecule has 1 aromatic rings. The van der Waals surface area contributed by atoms with Gasteiger partial charge in [-0.25, -0.2) is 0 Å². The Morgan fingerprint density at radius 3 is 2.55 bits per heavy atom. The molecule has 1 heterocycles. The summed E-state index contributed by atoms with van der Waals surface area (Å²) in [5, 5.41) is 0. The highest BCUT2D eigenvalue weighted by molar-refractivity contribution is 9.10. The Balaban J connectivity index is 0.00000200. The number of nitrogens with two attached hydrogens (primary N) is 1. The maximum atomic E-state index is 5.82. The van der Waals surface area contributed by atoms with Crippen LogP contribution in [0.1, 0.15) is 18.4 Å². The third-order valence-corrected chi connectivity index (χ3v) is 4.44. The third-order valence-electron chi connectivity index (χ3n) is 3.70. The summed E-state index contributed by atoms with van der Waals surface area (Å²) < 4.78 is 11.7. The average Bonchev–Trinajstić information content (AvgIpc) is 2.87. The van der Waals surface area contributed by atoms with Gasteiger partial charge >= 0.3 is 0 Å². The quantitative estimate of drug-likeness (QED) is 0.871. The normalized spacial score (nSPS) is 18.7. The zero-order valence-electron chi connectivity index (χ0n) is 11.9. The van der Waals surface area contributed by atoms with Gasteiger partial charge in [0.25, 0.3) is 0 Å². The molecule has 1 fully saturated rings. The molecule has 0 bridgehead atoms. The highest BCUT2D eigenvalue weighted by Gasteiger charge is 2.24. The average molecular weight is 366 g/mol. The van der Waals surface area contributed by atoms with E-state index >= 15 is 0 Å². The number of rotatable bonds is 5. The van der Waals surface area contributed by atoms with Crippen molar-refractivity contribution in [2.45, 2.75) is 25.4 Å². The lowest BCUT2D eigenvalue weighted by Gasteiger charge is -2.24. The number of hydrogen-bond donors (Lipinski definition) is 1. The van der Waals surface area contributed by atoms with E-state index in [0.29, 0.717) is 6.04 Å². The predicted molar refractivity (Wildman–Crippen MR) is 87.0 cm³/mol. The van der Waals surface area contributed by atoms with Crippen LogP contribution in [0.5, 0.6) is 11.5 Å². The topological polar surface area (TPSA) is 47.7 Å². The molecule has 1 aliphatic rings. The molecule has 6 heteroatoms. The van der Waals surface area contributed by atoms with E-state index in [9.17, 15) is 0 Å². The maximum Gasteiger partial charge on any atom is 0.161 e. The van der Waals surface area contributed by atoms with E-state index in [-0.39, 0.29) is 12.4 Å². The Bertz CT molecular complexity index is 445. The van der Waals surface area contributed by atoms with Crippen LogP contribution < -0.4 is 15.2 Å². The van der Waals surface area contributed by atoms with E-state index in [1.54, 1.807) is 14.2 Å². The number of benzene rings is 1. The van der Waals surface area contributed by atoms with Crippen LogP contribution >= 0.6 is 28.3 Å². The van der Waals surface area contributed by atoms with Crippen molar-refractivity contribution in [3.63, 3.8) is 0 Å². The van der Waals surface area contributed by atoms with Crippen LogP contribution in [-0.4, -0.2) is 38.3 Å². The smallest absolute Gasteiger partial charge is 0.161 e. The van der Waals surface area contributed by atoms with Crippen molar-refractivity contribution in [2.75, 3.05) is 27.3 Å². The lowest BCUT2D eigenvalue weighted by atomic mass is 10.1. The van der Waals surface area contributed by atoms with Crippen LogP contribution in [0, 0.1) is 0 Å². The van der Waals surface area contributed by atoms with Crippen molar-refractivity contribution in [3.8, 4) is 11.5 Å². The zero-order chi connectivity index (χ0) is 13.8. The Labute approximate surface area is 135 Å². The Kier molecular flexibility index (Phi) is 7.09. The molecule has 1 unspecified atom stereocenters. The van der Waals surface area contributed by atoms with Gasteiger partial charge < -0.3 is 15.2 Å². The van der Waals surface area contributed by atoms with Crippen molar-refractivity contribution >= 4 is 28.3 Å². The molecule has 114 valence electrons. The number of likely N-dealkylation sites (tertiary alicyclic amines) is 1. The fraction of sp³-hybridized carbons (Fsp3) is 0.571. The van der Waals surface area contributed by atoms with Crippen molar-refractivity contribution < 1.29 is 9.47 Å². The first-order valence-corrected chi connectivity index (χ1v) is 7.33. The molecule has 4 nitrogen and oxygen atoms in total. The van der Waals surface area contributed by atoms with E-state index in [2.05, 4.69) is 20.8 Å². The molecule has 2 N–H and O–H groups in total. The predicted octanol–water partition coefficient (Wildman–Crippen LogP) is 2.81. The van der Waals surface area contributed by atoms with Gasteiger partial charge in [-0.2, -0.15) is 0 Å². The number of halogens is 2. The number of methoxy groups -OCH3 is 2. The van der Waals surface area contributed by atoms with Crippen LogP contribution in [-0.2, 0) is 6.54 Å². The maximum absolute atomic E-state index is 5.82. The minimum atomic E-state index is 0. The molecule has 2 rings (SSSR count). The van der Waals surface area contributed by atoms with E-state index < -0.39 is 0 Å². The van der Waals surface area contributed by atoms with Crippen molar-refractivity contribution in [3.05, 3.63) is 22.2 Å². The third kappa shape index (κ3) is 3.79. The first kappa shape index (κ1) is 17.6. The second-order valence-corrected chi connectivity index (χ2v) is 5.66. The van der Waals surface area contributed by atoms with E-state index in [4.69, 9.17) is 15.2 Å². The highest BCUT2D eigenvalue weighted by Crippen LogP contribution is 2.34. The van der Waals surface area contributed by atoms with Crippen LogP contribution in [0.4, 0.5) is 0 Å². The van der Waals surface area contributed by atoms with Crippen molar-refractivity contribution in [2.24, 2.45) is 5.73 Å². The van der Waals surface area contributed by atoms with Crippen molar-refractivity contribution in [1.82, 2.24) is 4.90 Å². The van der Waals surface area contributed by atoms with Crippen LogP contribution in [0.25, 0.3) is 0 Å². The summed E-state index contributed by atoms with van der Waals surface area (Å²) in [6, 6.07) is 4.50. The molecule has 1 aliphatic heterocycles. The highest BCUT2D eigenvalue weighted by atomic mass is 79.9. The van der Waals surface area contributed by atoms with Gasteiger partial charge in [0.15, 0.2) is 11.5 Å². The fourth-order valence-electron chi connectivity index (χ4n) is 2.61. The van der Waals surface area contributed by atoms with E-state index in [1.807, 2.05) is 12.1 Å². The Morgan fingerprint density at radius 1 is 1.30 bits per heavy atom. The van der Waals surface area contributed by atoms with Crippen molar-refractivity contribution in [1.29, 1.82) is 0 Å². The molecule has 0 radical (unpaired) electrons. The van der Waals surface area contributed by atoms with E-state index in [1.165, 1.54) is 18.4 Å². The molecule has 0 amide bonds. The largest absolute Gasteiger partial charge is 0.493 e. The number of ether oxygens (including phenoxy) is 2. The molecule has 0 aliphatic carbocycles. The van der Waals surface area contributed by atoms with Crippen LogP contribution in [0.15, 0.2) is 16.6 Å². The lowest BCUT2D eigenvalue weighted by Crippen LogP contribution is -2.34. The first-order chi connectivity index (χ1) is 9.19. The summed E-state index contributed by atoms with van der Waals surface area (Å²) in [4.78, 5) is 2.44. The Hall–Kier alpha value is -0.490. The van der Waals surface area contributed by atoms with E-state index in [0.717, 1.165) is 35.6 Å². The molecule has 1 atom stereocenters. The Morgan fingerprint density at radius 2 is 1.95 bits per heavy atom. The van der Waals surface area contributed by atoms with Gasteiger partial charge in [-0.3, -0.25) is 4.90 Å². The molecule has 0 saturated carbocycles. The minimum Gasteiger partial charge on any atom is -0.493 e. The number of hydrogen-bond acceptors (Lipinski definition) is 4. The molecule has 0 spiro atoms. The molecular formula is C14H22BrClN2O2. The molecule has 1 saturated heterocycles. The molecule has 0 aromatic heterocycles. The fourth-order valence-corrected chi connectivity index (χ4v) is 3.05. The second kappa shape index (κ2) is 8.08. The summed E-state index contributed by atoms with van der Waals surface area (Å²) in [6.07, 6.45) is 2.42. The SMILES string of the molecule is COc1cc(Br)c(CN2CCCC2CN)cc1OC.Cl. The second-order valence-electron chi connectivity index (χ2n) is 4.80. The van der Waals surface area contributed by atoms with Gasteiger partial charge in [0.1, 0.15) is 0 Å². The van der Waals surface area contributed by atoms with Gasteiger partial charge in [0.05, 0.1) is 14.2 Å². The summed E-state index contributed by atoms with van der Waals surface area (Å²) in [5.41, 5.74) is 7.03.